The van der Waals surface area contributed by atoms with Gasteiger partial charge in [-0.15, -0.1) is 0 Å². The van der Waals surface area contributed by atoms with Gasteiger partial charge in [-0.2, -0.15) is 0 Å². The van der Waals surface area contributed by atoms with Crippen LogP contribution in [0.25, 0.3) is 22.3 Å². The average Bonchev–Trinajstić information content (AvgIpc) is 2.74. The molecule has 0 aromatic heterocycles. The van der Waals surface area contributed by atoms with Gasteiger partial charge in [0, 0.05) is 42.1 Å². The number of nitrogens with two attached hydrogens (primary N) is 1. The van der Waals surface area contributed by atoms with E-state index in [9.17, 15) is 0 Å². The second-order valence-electron chi connectivity index (χ2n) is 8.93. The highest BCUT2D eigenvalue weighted by Crippen LogP contribution is 2.54. The number of ether oxygens (including phenoxy) is 2. The van der Waals surface area contributed by atoms with Crippen LogP contribution in [0.1, 0.15) is 44.4 Å². The van der Waals surface area contributed by atoms with Crippen molar-refractivity contribution >= 4 is 5.69 Å². The van der Waals surface area contributed by atoms with Gasteiger partial charge >= 0.3 is 0 Å². The molecule has 1 aliphatic carbocycles. The Bertz CT molecular complexity index is 1140. The molecule has 142 valence electrons. The molecule has 28 heavy (non-hydrogen) atoms. The summed E-state index contributed by atoms with van der Waals surface area (Å²) in [7, 11) is 0. The van der Waals surface area contributed by atoms with Gasteiger partial charge in [-0.3, -0.25) is 0 Å². The van der Waals surface area contributed by atoms with Gasteiger partial charge in [0.25, 0.3) is 0 Å². The largest absolute Gasteiger partial charge is 0.452 e. The Balaban J connectivity index is 1.82. The second-order valence-corrected chi connectivity index (χ2v) is 8.93. The lowest BCUT2D eigenvalue weighted by molar-refractivity contribution is -0.0778. The van der Waals surface area contributed by atoms with Crippen molar-refractivity contribution in [2.75, 3.05) is 5.73 Å². The molecule has 3 nitrogen and oxygen atoms in total. The van der Waals surface area contributed by atoms with Gasteiger partial charge in [-0.05, 0) is 53.4 Å². The summed E-state index contributed by atoms with van der Waals surface area (Å²) in [4.78, 5) is 0. The van der Waals surface area contributed by atoms with Gasteiger partial charge in [0.15, 0.2) is 0 Å². The standard InChI is InChI=1S/C25H25NO2/c1-14-6-8-16-18-13-23-19(12-21(18)24(2,3)20(16)10-14)17-9-7-15(26)11-22(17)27-25(4,5)28-23/h6-13H,26H2,1-5H3. The van der Waals surface area contributed by atoms with Crippen molar-refractivity contribution in [3.8, 4) is 33.8 Å². The summed E-state index contributed by atoms with van der Waals surface area (Å²) in [6.07, 6.45) is 0. The number of aryl methyl sites for hydroxylation is 1. The van der Waals surface area contributed by atoms with Gasteiger partial charge < -0.3 is 15.2 Å². The molecular formula is C25H25NO2. The normalized spacial score (nSPS) is 17.3. The Morgan fingerprint density at radius 1 is 0.679 bits per heavy atom. The summed E-state index contributed by atoms with van der Waals surface area (Å²) in [6, 6.07) is 17.0. The van der Waals surface area contributed by atoms with Gasteiger partial charge in [0.05, 0.1) is 0 Å². The molecule has 5 rings (SSSR count). The van der Waals surface area contributed by atoms with Crippen LogP contribution < -0.4 is 15.2 Å². The number of fused-ring (bicyclic) bond motifs is 6. The first-order valence-corrected chi connectivity index (χ1v) is 9.74. The SMILES string of the molecule is Cc1ccc2c(c1)C(C)(C)c1cc3c(cc1-2)OC(C)(C)Oc1cc(N)ccc1-3. The van der Waals surface area contributed by atoms with E-state index in [0.717, 1.165) is 22.6 Å². The Hall–Kier alpha value is -2.94. The van der Waals surface area contributed by atoms with E-state index >= 15 is 0 Å². The highest BCUT2D eigenvalue weighted by molar-refractivity contribution is 5.88. The van der Waals surface area contributed by atoms with E-state index in [4.69, 9.17) is 15.2 Å². The summed E-state index contributed by atoms with van der Waals surface area (Å²) < 4.78 is 12.5. The maximum Gasteiger partial charge on any atom is 0.245 e. The lowest BCUT2D eigenvalue weighted by Crippen LogP contribution is -2.34. The van der Waals surface area contributed by atoms with E-state index in [-0.39, 0.29) is 5.41 Å². The van der Waals surface area contributed by atoms with Gasteiger partial charge in [-0.25, -0.2) is 0 Å². The van der Waals surface area contributed by atoms with E-state index in [1.165, 1.54) is 27.8 Å². The minimum atomic E-state index is -0.785. The molecule has 0 radical (unpaired) electrons. The summed E-state index contributed by atoms with van der Waals surface area (Å²) >= 11 is 0. The lowest BCUT2D eigenvalue weighted by Gasteiger charge is -2.26. The molecular weight excluding hydrogens is 346 g/mol. The predicted molar refractivity (Wildman–Crippen MR) is 114 cm³/mol. The second kappa shape index (κ2) is 5.32. The predicted octanol–water partition coefficient (Wildman–Crippen LogP) is 6.06. The lowest BCUT2D eigenvalue weighted by atomic mass is 9.81. The minimum absolute atomic E-state index is 0.0671. The molecule has 0 spiro atoms. The van der Waals surface area contributed by atoms with E-state index in [0.29, 0.717) is 5.69 Å². The highest BCUT2D eigenvalue weighted by atomic mass is 16.7. The fourth-order valence-corrected chi connectivity index (χ4v) is 4.57. The molecule has 0 fully saturated rings. The molecule has 1 heterocycles. The summed E-state index contributed by atoms with van der Waals surface area (Å²) in [6.45, 7) is 10.6. The number of anilines is 1. The van der Waals surface area contributed by atoms with Crippen LogP contribution in [0.2, 0.25) is 0 Å². The van der Waals surface area contributed by atoms with E-state index < -0.39 is 5.79 Å². The first-order valence-electron chi connectivity index (χ1n) is 9.74. The van der Waals surface area contributed by atoms with Crippen LogP contribution in [-0.2, 0) is 5.41 Å². The first kappa shape index (κ1) is 17.2. The fraction of sp³-hybridized carbons (Fsp3) is 0.280. The van der Waals surface area contributed by atoms with Crippen LogP contribution >= 0.6 is 0 Å². The molecule has 0 bridgehead atoms. The monoisotopic (exact) mass is 371 g/mol. The minimum Gasteiger partial charge on any atom is -0.452 e. The Morgan fingerprint density at radius 2 is 1.32 bits per heavy atom. The number of hydrogen-bond donors (Lipinski definition) is 1. The molecule has 2 N–H and O–H groups in total. The summed E-state index contributed by atoms with van der Waals surface area (Å²) in [5, 5.41) is 0. The Labute approximate surface area is 166 Å². The highest BCUT2D eigenvalue weighted by Gasteiger charge is 2.38. The van der Waals surface area contributed by atoms with Crippen molar-refractivity contribution in [2.45, 2.75) is 45.8 Å². The van der Waals surface area contributed by atoms with E-state index in [1.54, 1.807) is 0 Å². The van der Waals surface area contributed by atoms with Gasteiger partial charge in [-0.1, -0.05) is 37.6 Å². The van der Waals surface area contributed by atoms with Crippen molar-refractivity contribution in [3.63, 3.8) is 0 Å². The number of hydrogen-bond acceptors (Lipinski definition) is 3. The third kappa shape index (κ3) is 2.35. The van der Waals surface area contributed by atoms with Crippen molar-refractivity contribution in [1.82, 2.24) is 0 Å². The van der Waals surface area contributed by atoms with E-state index in [2.05, 4.69) is 51.1 Å². The fourth-order valence-electron chi connectivity index (χ4n) is 4.57. The van der Waals surface area contributed by atoms with Gasteiger partial charge in [0.2, 0.25) is 5.79 Å². The van der Waals surface area contributed by atoms with Crippen molar-refractivity contribution in [1.29, 1.82) is 0 Å². The molecule has 0 saturated carbocycles. The first-order chi connectivity index (χ1) is 13.2. The molecule has 3 aromatic rings. The maximum absolute atomic E-state index is 6.34. The average molecular weight is 371 g/mol. The molecule has 1 aliphatic heterocycles. The molecule has 0 unspecified atom stereocenters. The Morgan fingerprint density at radius 3 is 2.07 bits per heavy atom. The van der Waals surface area contributed by atoms with Crippen LogP contribution in [0.15, 0.2) is 48.5 Å². The third-order valence-electron chi connectivity index (χ3n) is 5.94. The zero-order valence-electron chi connectivity index (χ0n) is 17.0. The Kier molecular flexibility index (Phi) is 3.26. The number of rotatable bonds is 0. The topological polar surface area (TPSA) is 44.5 Å². The van der Waals surface area contributed by atoms with Crippen molar-refractivity contribution < 1.29 is 9.47 Å². The number of benzene rings is 3. The van der Waals surface area contributed by atoms with E-state index in [1.807, 2.05) is 32.0 Å². The van der Waals surface area contributed by atoms with Crippen molar-refractivity contribution in [3.05, 3.63) is 65.2 Å². The van der Waals surface area contributed by atoms with Crippen LogP contribution in [0.5, 0.6) is 11.5 Å². The molecule has 0 saturated heterocycles. The molecule has 2 aliphatic rings. The molecule has 0 amide bonds. The molecule has 3 heteroatoms. The maximum atomic E-state index is 6.34. The van der Waals surface area contributed by atoms with Gasteiger partial charge in [0.1, 0.15) is 11.5 Å². The molecule has 3 aromatic carbocycles. The van der Waals surface area contributed by atoms with Crippen LogP contribution in [0.3, 0.4) is 0 Å². The third-order valence-corrected chi connectivity index (χ3v) is 5.94. The molecule has 0 atom stereocenters. The quantitative estimate of drug-likeness (QED) is 0.489. The van der Waals surface area contributed by atoms with Crippen LogP contribution in [-0.4, -0.2) is 5.79 Å². The van der Waals surface area contributed by atoms with Crippen molar-refractivity contribution in [2.24, 2.45) is 0 Å². The smallest absolute Gasteiger partial charge is 0.245 e. The van der Waals surface area contributed by atoms with Crippen LogP contribution in [0.4, 0.5) is 5.69 Å². The summed E-state index contributed by atoms with van der Waals surface area (Å²) in [5.41, 5.74) is 15.2. The zero-order valence-corrected chi connectivity index (χ0v) is 17.0. The number of nitrogen functional groups attached to an aromatic ring is 1. The van der Waals surface area contributed by atoms with Crippen LogP contribution in [0, 0.1) is 6.92 Å². The summed E-state index contributed by atoms with van der Waals surface area (Å²) in [5.74, 6) is 0.816. The zero-order chi connectivity index (χ0) is 19.8.